The molecule has 0 spiro atoms. The van der Waals surface area contributed by atoms with E-state index in [0.29, 0.717) is 23.8 Å². The van der Waals surface area contributed by atoms with Gasteiger partial charge in [-0.3, -0.25) is 4.79 Å². The van der Waals surface area contributed by atoms with Crippen LogP contribution in [0.5, 0.6) is 0 Å². The fourth-order valence-corrected chi connectivity index (χ4v) is 3.33. The summed E-state index contributed by atoms with van der Waals surface area (Å²) in [5, 5.41) is 0. The van der Waals surface area contributed by atoms with Crippen LogP contribution in [0.3, 0.4) is 0 Å². The molecule has 1 saturated heterocycles. The minimum Gasteiger partial charge on any atom is -0.383 e. The summed E-state index contributed by atoms with van der Waals surface area (Å²) in [5.74, 6) is 1.90. The smallest absolute Gasteiger partial charge is 0.227 e. The number of rotatable bonds is 1. The van der Waals surface area contributed by atoms with Crippen molar-refractivity contribution < 1.29 is 4.79 Å². The summed E-state index contributed by atoms with van der Waals surface area (Å²) in [5.41, 5.74) is 7.40. The molecule has 0 radical (unpaired) electrons. The Balaban J connectivity index is 1.95. The number of carbonyl (C=O) groups is 1. The van der Waals surface area contributed by atoms with E-state index < -0.39 is 0 Å². The van der Waals surface area contributed by atoms with Gasteiger partial charge in [-0.1, -0.05) is 20.8 Å². The van der Waals surface area contributed by atoms with Gasteiger partial charge in [0, 0.05) is 19.5 Å². The summed E-state index contributed by atoms with van der Waals surface area (Å²) in [6, 6.07) is 0. The predicted molar refractivity (Wildman–Crippen MR) is 83.5 cm³/mol. The van der Waals surface area contributed by atoms with E-state index >= 15 is 0 Å². The maximum atomic E-state index is 12.3. The number of piperidine rings is 1. The van der Waals surface area contributed by atoms with Gasteiger partial charge in [0.05, 0.1) is 11.3 Å². The second-order valence-electron chi connectivity index (χ2n) is 7.34. The largest absolute Gasteiger partial charge is 0.383 e. The number of fused-ring (bicyclic) bond motifs is 1. The van der Waals surface area contributed by atoms with E-state index in [1.807, 2.05) is 0 Å². The van der Waals surface area contributed by atoms with E-state index in [1.54, 1.807) is 0 Å². The third-order valence-electron chi connectivity index (χ3n) is 4.63. The fraction of sp³-hybridized carbons (Fsp3) is 0.688. The molecule has 0 saturated carbocycles. The fourth-order valence-electron chi connectivity index (χ4n) is 3.33. The normalized spacial score (nSPS) is 22.2. The number of Topliss-reactive ketones (excluding diaryl/α,β-unsaturated/α-hetero) is 1. The maximum absolute atomic E-state index is 12.3. The molecule has 2 heterocycles. The molecule has 1 aromatic heterocycles. The Morgan fingerprint density at radius 2 is 1.86 bits per heavy atom. The molecule has 5 heteroatoms. The zero-order valence-corrected chi connectivity index (χ0v) is 13.1. The molecular weight excluding hydrogens is 264 g/mol. The van der Waals surface area contributed by atoms with Crippen molar-refractivity contribution in [3.05, 3.63) is 11.3 Å². The minimum atomic E-state index is -0.0431. The number of carbonyl (C=O) groups excluding carboxylic acids is 1. The number of nitrogens with two attached hydrogens (primary N) is 1. The van der Waals surface area contributed by atoms with E-state index in [4.69, 9.17) is 5.73 Å². The van der Waals surface area contributed by atoms with Gasteiger partial charge in [-0.25, -0.2) is 4.98 Å². The molecule has 0 atom stereocenters. The van der Waals surface area contributed by atoms with Crippen molar-refractivity contribution in [1.29, 1.82) is 0 Å². The first-order valence-corrected chi connectivity index (χ1v) is 7.80. The van der Waals surface area contributed by atoms with E-state index in [2.05, 4.69) is 35.6 Å². The van der Waals surface area contributed by atoms with Gasteiger partial charge in [0.1, 0.15) is 5.82 Å². The predicted octanol–water partition coefficient (Wildman–Crippen LogP) is 2.45. The van der Waals surface area contributed by atoms with Gasteiger partial charge < -0.3 is 10.6 Å². The molecule has 114 valence electrons. The Morgan fingerprint density at radius 1 is 1.19 bits per heavy atom. The summed E-state index contributed by atoms with van der Waals surface area (Å²) >= 11 is 0. The lowest BCUT2D eigenvalue weighted by Crippen LogP contribution is -2.36. The Kier molecular flexibility index (Phi) is 3.38. The van der Waals surface area contributed by atoms with Crippen LogP contribution >= 0.6 is 0 Å². The molecule has 2 N–H and O–H groups in total. The standard InChI is InChI=1S/C16H24N4O/c1-10-4-6-20(7-5-10)15-18-11-8-16(2,3)9-12(21)13(11)14(17)19-15/h10H,4-9H2,1-3H3,(H2,17,18,19). The first kappa shape index (κ1) is 14.3. The van der Waals surface area contributed by atoms with Crippen LogP contribution in [0.25, 0.3) is 0 Å². The quantitative estimate of drug-likeness (QED) is 0.859. The second kappa shape index (κ2) is 4.97. The molecule has 2 aliphatic rings. The van der Waals surface area contributed by atoms with Crippen LogP contribution in [0.1, 0.15) is 56.1 Å². The van der Waals surface area contributed by atoms with Crippen LogP contribution in [-0.4, -0.2) is 28.8 Å². The summed E-state index contributed by atoms with van der Waals surface area (Å²) < 4.78 is 0. The van der Waals surface area contributed by atoms with Gasteiger partial charge >= 0.3 is 0 Å². The minimum absolute atomic E-state index is 0.0431. The highest BCUT2D eigenvalue weighted by Gasteiger charge is 2.34. The third-order valence-corrected chi connectivity index (χ3v) is 4.63. The molecule has 1 aliphatic carbocycles. The molecule has 1 aliphatic heterocycles. The first-order chi connectivity index (χ1) is 9.85. The van der Waals surface area contributed by atoms with Crippen molar-refractivity contribution in [2.24, 2.45) is 11.3 Å². The van der Waals surface area contributed by atoms with Gasteiger partial charge in [0.25, 0.3) is 0 Å². The maximum Gasteiger partial charge on any atom is 0.227 e. The topological polar surface area (TPSA) is 72.1 Å². The zero-order chi connectivity index (χ0) is 15.2. The van der Waals surface area contributed by atoms with Gasteiger partial charge in [-0.05, 0) is 30.6 Å². The Morgan fingerprint density at radius 3 is 2.52 bits per heavy atom. The number of nitrogens with zero attached hydrogens (tertiary/aromatic N) is 3. The SMILES string of the molecule is CC1CCN(c2nc(N)c3c(n2)CC(C)(C)CC3=O)CC1. The molecule has 1 fully saturated rings. The number of hydrogen-bond donors (Lipinski definition) is 1. The van der Waals surface area contributed by atoms with Crippen molar-refractivity contribution in [3.8, 4) is 0 Å². The number of ketones is 1. The summed E-state index contributed by atoms with van der Waals surface area (Å²) in [4.78, 5) is 23.6. The lowest BCUT2D eigenvalue weighted by Gasteiger charge is -2.33. The Bertz CT molecular complexity index is 574. The first-order valence-electron chi connectivity index (χ1n) is 7.80. The molecular formula is C16H24N4O. The van der Waals surface area contributed by atoms with Crippen LogP contribution in [0.15, 0.2) is 0 Å². The average Bonchev–Trinajstić information content (AvgIpc) is 2.36. The second-order valence-corrected chi connectivity index (χ2v) is 7.34. The van der Waals surface area contributed by atoms with E-state index in [-0.39, 0.29) is 11.2 Å². The van der Waals surface area contributed by atoms with Crippen molar-refractivity contribution in [3.63, 3.8) is 0 Å². The lowest BCUT2D eigenvalue weighted by atomic mass is 9.76. The van der Waals surface area contributed by atoms with Crippen LogP contribution in [0.2, 0.25) is 0 Å². The van der Waals surface area contributed by atoms with Crippen LogP contribution in [0.4, 0.5) is 11.8 Å². The van der Waals surface area contributed by atoms with Crippen molar-refractivity contribution >= 4 is 17.5 Å². The van der Waals surface area contributed by atoms with Crippen LogP contribution < -0.4 is 10.6 Å². The summed E-state index contributed by atoms with van der Waals surface area (Å²) in [7, 11) is 0. The van der Waals surface area contributed by atoms with E-state index in [1.165, 1.54) is 0 Å². The van der Waals surface area contributed by atoms with Crippen molar-refractivity contribution in [2.45, 2.75) is 46.5 Å². The van der Waals surface area contributed by atoms with Gasteiger partial charge in [-0.2, -0.15) is 4.98 Å². The Labute approximate surface area is 125 Å². The number of hydrogen-bond acceptors (Lipinski definition) is 5. The monoisotopic (exact) mass is 288 g/mol. The highest BCUT2D eigenvalue weighted by Crippen LogP contribution is 2.36. The highest BCUT2D eigenvalue weighted by atomic mass is 16.1. The molecule has 5 nitrogen and oxygen atoms in total. The molecule has 1 aromatic rings. The van der Waals surface area contributed by atoms with Crippen LogP contribution in [0, 0.1) is 11.3 Å². The van der Waals surface area contributed by atoms with E-state index in [0.717, 1.165) is 44.0 Å². The molecule has 0 aromatic carbocycles. The summed E-state index contributed by atoms with van der Waals surface area (Å²) in [6.07, 6.45) is 3.63. The number of nitrogen functional groups attached to an aromatic ring is 1. The van der Waals surface area contributed by atoms with Crippen LogP contribution in [-0.2, 0) is 6.42 Å². The highest BCUT2D eigenvalue weighted by molar-refractivity contribution is 6.02. The molecule has 0 unspecified atom stereocenters. The average molecular weight is 288 g/mol. The zero-order valence-electron chi connectivity index (χ0n) is 13.1. The number of anilines is 2. The van der Waals surface area contributed by atoms with Crippen molar-refractivity contribution in [1.82, 2.24) is 9.97 Å². The number of aromatic nitrogens is 2. The molecule has 21 heavy (non-hydrogen) atoms. The van der Waals surface area contributed by atoms with Gasteiger partial charge in [0.15, 0.2) is 5.78 Å². The van der Waals surface area contributed by atoms with Gasteiger partial charge in [0.2, 0.25) is 5.95 Å². The molecule has 0 amide bonds. The Hall–Kier alpha value is -1.65. The lowest BCUT2D eigenvalue weighted by molar-refractivity contribution is 0.0911. The van der Waals surface area contributed by atoms with E-state index in [9.17, 15) is 4.79 Å². The summed E-state index contributed by atoms with van der Waals surface area (Å²) in [6.45, 7) is 8.43. The molecule has 3 rings (SSSR count). The molecule has 0 bridgehead atoms. The van der Waals surface area contributed by atoms with Crippen molar-refractivity contribution in [2.75, 3.05) is 23.7 Å². The third kappa shape index (κ3) is 2.74. The van der Waals surface area contributed by atoms with Gasteiger partial charge in [-0.15, -0.1) is 0 Å².